The van der Waals surface area contributed by atoms with E-state index in [2.05, 4.69) is 29.4 Å². The Bertz CT molecular complexity index is 1020. The Kier molecular flexibility index (Phi) is 8.44. The van der Waals surface area contributed by atoms with Gasteiger partial charge in [0, 0.05) is 28.6 Å². The topological polar surface area (TPSA) is 54.9 Å². The summed E-state index contributed by atoms with van der Waals surface area (Å²) in [6.45, 7) is 4.55. The van der Waals surface area contributed by atoms with Gasteiger partial charge in [-0.3, -0.25) is 4.79 Å². The van der Waals surface area contributed by atoms with Crippen molar-refractivity contribution >= 4 is 29.1 Å². The number of rotatable bonds is 9. The first-order valence-electron chi connectivity index (χ1n) is 10.6. The number of benzene rings is 2. The van der Waals surface area contributed by atoms with Gasteiger partial charge in [-0.25, -0.2) is 9.97 Å². The van der Waals surface area contributed by atoms with Crippen molar-refractivity contribution in [2.75, 3.05) is 6.54 Å². The molecule has 162 valence electrons. The van der Waals surface area contributed by atoms with Gasteiger partial charge in [0.1, 0.15) is 5.82 Å². The van der Waals surface area contributed by atoms with E-state index in [-0.39, 0.29) is 5.91 Å². The zero-order chi connectivity index (χ0) is 22.2. The van der Waals surface area contributed by atoms with E-state index in [0.717, 1.165) is 43.5 Å². The number of aromatic nitrogens is 2. The van der Waals surface area contributed by atoms with E-state index in [1.807, 2.05) is 25.1 Å². The second-order valence-electron chi connectivity index (χ2n) is 7.56. The molecule has 0 aliphatic carbocycles. The number of hydrogen-bond acceptors (Lipinski definition) is 3. The standard InChI is InChI=1S/C25H27Cl2N3O/c1-3-4-12-22-29-17(2)23(24(30-22)19-14-20(26)16-21(27)15-19)25(31)28-13-8-11-18-9-6-5-7-10-18/h5-7,9-10,14-16H,3-4,8,11-13H2,1-2H3,(H,28,31). The average molecular weight is 456 g/mol. The fourth-order valence-electron chi connectivity index (χ4n) is 3.48. The zero-order valence-corrected chi connectivity index (χ0v) is 19.4. The molecule has 3 aromatic rings. The second kappa shape index (κ2) is 11.3. The van der Waals surface area contributed by atoms with Gasteiger partial charge in [-0.2, -0.15) is 0 Å². The Morgan fingerprint density at radius 3 is 2.35 bits per heavy atom. The Balaban J connectivity index is 1.84. The first-order chi connectivity index (χ1) is 15.0. The third-order valence-electron chi connectivity index (χ3n) is 5.02. The monoisotopic (exact) mass is 455 g/mol. The summed E-state index contributed by atoms with van der Waals surface area (Å²) in [5.74, 6) is 0.546. The molecule has 4 nitrogen and oxygen atoms in total. The molecular formula is C25H27Cl2N3O. The molecule has 6 heteroatoms. The molecule has 0 saturated carbocycles. The second-order valence-corrected chi connectivity index (χ2v) is 8.43. The van der Waals surface area contributed by atoms with Gasteiger partial charge in [0.25, 0.3) is 5.91 Å². The predicted molar refractivity (Wildman–Crippen MR) is 128 cm³/mol. The third-order valence-corrected chi connectivity index (χ3v) is 5.46. The SMILES string of the molecule is CCCCc1nc(C)c(C(=O)NCCCc2ccccc2)c(-c2cc(Cl)cc(Cl)c2)n1. The van der Waals surface area contributed by atoms with Crippen molar-refractivity contribution in [3.8, 4) is 11.3 Å². The molecule has 0 atom stereocenters. The van der Waals surface area contributed by atoms with E-state index >= 15 is 0 Å². The van der Waals surface area contributed by atoms with Gasteiger partial charge in [-0.1, -0.05) is 66.9 Å². The lowest BCUT2D eigenvalue weighted by Crippen LogP contribution is -2.27. The molecule has 0 saturated heterocycles. The van der Waals surface area contributed by atoms with Crippen molar-refractivity contribution in [1.29, 1.82) is 0 Å². The zero-order valence-electron chi connectivity index (χ0n) is 17.9. The number of amides is 1. The molecule has 0 radical (unpaired) electrons. The molecule has 0 aliphatic rings. The smallest absolute Gasteiger partial charge is 0.255 e. The third kappa shape index (κ3) is 6.52. The van der Waals surface area contributed by atoms with E-state index in [1.165, 1.54) is 5.56 Å². The van der Waals surface area contributed by atoms with Crippen LogP contribution in [0.25, 0.3) is 11.3 Å². The quantitative estimate of drug-likeness (QED) is 0.376. The molecule has 0 bridgehead atoms. The van der Waals surface area contributed by atoms with Crippen LogP contribution < -0.4 is 5.32 Å². The minimum atomic E-state index is -0.182. The van der Waals surface area contributed by atoms with Gasteiger partial charge in [0.05, 0.1) is 17.0 Å². The number of halogens is 2. The predicted octanol–water partition coefficient (Wildman–Crippen LogP) is 6.46. The molecule has 1 amide bonds. The molecule has 0 fully saturated rings. The highest BCUT2D eigenvalue weighted by Crippen LogP contribution is 2.29. The van der Waals surface area contributed by atoms with Crippen molar-refractivity contribution in [2.24, 2.45) is 0 Å². The molecule has 1 aromatic heterocycles. The largest absolute Gasteiger partial charge is 0.352 e. The minimum absolute atomic E-state index is 0.182. The van der Waals surface area contributed by atoms with Crippen molar-refractivity contribution < 1.29 is 4.79 Å². The van der Waals surface area contributed by atoms with E-state index < -0.39 is 0 Å². The number of aryl methyl sites for hydroxylation is 3. The van der Waals surface area contributed by atoms with Gasteiger partial charge < -0.3 is 5.32 Å². The maximum absolute atomic E-state index is 13.1. The number of carbonyl (C=O) groups is 1. The molecule has 0 spiro atoms. The van der Waals surface area contributed by atoms with Gasteiger partial charge in [0.15, 0.2) is 0 Å². The number of nitrogens with zero attached hydrogens (tertiary/aromatic N) is 2. The summed E-state index contributed by atoms with van der Waals surface area (Å²) in [4.78, 5) is 22.4. The molecule has 3 rings (SSSR count). The molecule has 2 aromatic carbocycles. The summed E-state index contributed by atoms with van der Waals surface area (Å²) >= 11 is 12.5. The van der Waals surface area contributed by atoms with E-state index in [9.17, 15) is 4.79 Å². The fraction of sp³-hybridized carbons (Fsp3) is 0.320. The Morgan fingerprint density at radius 2 is 1.68 bits per heavy atom. The number of unbranched alkanes of at least 4 members (excludes halogenated alkanes) is 1. The number of hydrogen-bond donors (Lipinski definition) is 1. The Hall–Kier alpha value is -2.43. The summed E-state index contributed by atoms with van der Waals surface area (Å²) in [5, 5.41) is 4.03. The summed E-state index contributed by atoms with van der Waals surface area (Å²) < 4.78 is 0. The van der Waals surface area contributed by atoms with E-state index in [1.54, 1.807) is 18.2 Å². The fourth-order valence-corrected chi connectivity index (χ4v) is 4.00. The maximum atomic E-state index is 13.1. The summed E-state index contributed by atoms with van der Waals surface area (Å²) in [6, 6.07) is 15.5. The van der Waals surface area contributed by atoms with Crippen LogP contribution in [0.3, 0.4) is 0 Å². The lowest BCUT2D eigenvalue weighted by atomic mass is 10.0. The highest BCUT2D eigenvalue weighted by molar-refractivity contribution is 6.35. The van der Waals surface area contributed by atoms with Crippen molar-refractivity contribution in [2.45, 2.75) is 46.0 Å². The van der Waals surface area contributed by atoms with Crippen LogP contribution in [0.4, 0.5) is 0 Å². The van der Waals surface area contributed by atoms with Crippen LogP contribution in [0.1, 0.15) is 53.6 Å². The highest BCUT2D eigenvalue weighted by atomic mass is 35.5. The van der Waals surface area contributed by atoms with E-state index in [4.69, 9.17) is 28.2 Å². The maximum Gasteiger partial charge on any atom is 0.255 e. The van der Waals surface area contributed by atoms with Crippen LogP contribution in [0.5, 0.6) is 0 Å². The van der Waals surface area contributed by atoms with E-state index in [0.29, 0.717) is 33.5 Å². The first-order valence-corrected chi connectivity index (χ1v) is 11.4. The summed E-state index contributed by atoms with van der Waals surface area (Å²) in [7, 11) is 0. The molecular weight excluding hydrogens is 429 g/mol. The van der Waals surface area contributed by atoms with Crippen LogP contribution in [0.2, 0.25) is 10.0 Å². The van der Waals surface area contributed by atoms with Crippen LogP contribution in [0.15, 0.2) is 48.5 Å². The summed E-state index contributed by atoms with van der Waals surface area (Å²) in [5.41, 5.74) is 3.68. The van der Waals surface area contributed by atoms with Crippen LogP contribution in [-0.2, 0) is 12.8 Å². The number of carbonyl (C=O) groups excluding carboxylic acids is 1. The van der Waals surface area contributed by atoms with Gasteiger partial charge in [0.2, 0.25) is 0 Å². The van der Waals surface area contributed by atoms with Gasteiger partial charge in [-0.15, -0.1) is 0 Å². The van der Waals surface area contributed by atoms with Crippen LogP contribution >= 0.6 is 23.2 Å². The van der Waals surface area contributed by atoms with Crippen LogP contribution in [0, 0.1) is 6.92 Å². The van der Waals surface area contributed by atoms with Crippen molar-refractivity contribution in [3.63, 3.8) is 0 Å². The molecule has 1 N–H and O–H groups in total. The number of nitrogens with one attached hydrogen (secondary N) is 1. The molecule has 1 heterocycles. The Labute approximate surface area is 194 Å². The lowest BCUT2D eigenvalue weighted by Gasteiger charge is -2.14. The molecule has 31 heavy (non-hydrogen) atoms. The highest BCUT2D eigenvalue weighted by Gasteiger charge is 2.20. The average Bonchev–Trinajstić information content (AvgIpc) is 2.74. The van der Waals surface area contributed by atoms with Crippen molar-refractivity contribution in [3.05, 3.63) is 81.2 Å². The molecule has 0 aliphatic heterocycles. The minimum Gasteiger partial charge on any atom is -0.352 e. The lowest BCUT2D eigenvalue weighted by molar-refractivity contribution is 0.0952. The first kappa shape index (κ1) is 23.2. The summed E-state index contributed by atoms with van der Waals surface area (Å²) in [6.07, 6.45) is 4.55. The van der Waals surface area contributed by atoms with Crippen molar-refractivity contribution in [1.82, 2.24) is 15.3 Å². The van der Waals surface area contributed by atoms with Crippen LogP contribution in [-0.4, -0.2) is 22.4 Å². The van der Waals surface area contributed by atoms with Gasteiger partial charge in [-0.05, 0) is 49.9 Å². The normalized spacial score (nSPS) is 10.8. The Morgan fingerprint density at radius 1 is 0.968 bits per heavy atom. The van der Waals surface area contributed by atoms with Gasteiger partial charge >= 0.3 is 0 Å². The molecule has 0 unspecified atom stereocenters.